The van der Waals surface area contributed by atoms with Crippen molar-refractivity contribution in [1.29, 1.82) is 0 Å². The lowest BCUT2D eigenvalue weighted by molar-refractivity contribution is 0.255. The summed E-state index contributed by atoms with van der Waals surface area (Å²) in [5.74, 6) is 7.31. The van der Waals surface area contributed by atoms with Gasteiger partial charge in [0.25, 0.3) is 0 Å². The van der Waals surface area contributed by atoms with Crippen LogP contribution in [0.3, 0.4) is 0 Å². The molecule has 0 radical (unpaired) electrons. The van der Waals surface area contributed by atoms with Crippen LogP contribution in [-0.4, -0.2) is 6.61 Å². The quantitative estimate of drug-likeness (QED) is 0.472. The predicted molar refractivity (Wildman–Crippen MR) is 93.1 cm³/mol. The highest BCUT2D eigenvalue weighted by atomic mass is 127. The van der Waals surface area contributed by atoms with Gasteiger partial charge in [0.1, 0.15) is 5.75 Å². The van der Waals surface area contributed by atoms with Crippen LogP contribution in [0.1, 0.15) is 35.9 Å². The van der Waals surface area contributed by atoms with Crippen LogP contribution in [-0.2, 0) is 0 Å². The Bertz CT molecular complexity index is 617. The van der Waals surface area contributed by atoms with Crippen molar-refractivity contribution in [3.05, 3.63) is 63.2 Å². The Labute approximate surface area is 139 Å². The van der Waals surface area contributed by atoms with Crippen molar-refractivity contribution in [3.63, 3.8) is 0 Å². The Morgan fingerprint density at radius 3 is 2.90 bits per heavy atom. The van der Waals surface area contributed by atoms with Crippen molar-refractivity contribution < 1.29 is 4.74 Å². The average molecular weight is 394 g/mol. The molecule has 0 bridgehead atoms. The van der Waals surface area contributed by atoms with Crippen molar-refractivity contribution in [2.24, 2.45) is 5.84 Å². The van der Waals surface area contributed by atoms with Gasteiger partial charge in [0.15, 0.2) is 0 Å². The Kier molecular flexibility index (Phi) is 4.77. The molecule has 0 aromatic heterocycles. The fourth-order valence-corrected chi connectivity index (χ4v) is 3.54. The molecule has 1 heterocycles. The molecule has 3 nitrogen and oxygen atoms in total. The number of fused-ring (bicyclic) bond motifs is 1. The topological polar surface area (TPSA) is 47.3 Å². The minimum absolute atomic E-state index is 0.163. The van der Waals surface area contributed by atoms with E-state index >= 15 is 0 Å². The lowest BCUT2D eigenvalue weighted by Gasteiger charge is -2.29. The van der Waals surface area contributed by atoms with E-state index in [-0.39, 0.29) is 6.04 Å². The number of para-hydroxylation sites is 1. The largest absolute Gasteiger partial charge is 0.493 e. The van der Waals surface area contributed by atoms with Crippen molar-refractivity contribution in [1.82, 2.24) is 5.43 Å². The summed E-state index contributed by atoms with van der Waals surface area (Å²) < 4.78 is 6.97. The highest BCUT2D eigenvalue weighted by Gasteiger charge is 2.24. The number of rotatable bonds is 4. The van der Waals surface area contributed by atoms with Gasteiger partial charge in [0, 0.05) is 9.61 Å². The highest BCUT2D eigenvalue weighted by molar-refractivity contribution is 14.1. The van der Waals surface area contributed by atoms with Crippen LogP contribution < -0.4 is 16.0 Å². The normalized spacial score (nSPS) is 18.7. The van der Waals surface area contributed by atoms with E-state index in [2.05, 4.69) is 70.5 Å². The first-order valence-electron chi connectivity index (χ1n) is 7.21. The van der Waals surface area contributed by atoms with E-state index in [1.807, 2.05) is 6.07 Å². The molecule has 110 valence electrons. The van der Waals surface area contributed by atoms with Gasteiger partial charge in [-0.15, -0.1) is 0 Å². The Hall–Kier alpha value is -1.11. The molecule has 0 saturated carbocycles. The molecule has 2 atom stereocenters. The fraction of sp³-hybridized carbons (Fsp3) is 0.294. The number of nitrogens with one attached hydrogen (secondary N) is 1. The van der Waals surface area contributed by atoms with Gasteiger partial charge in [-0.3, -0.25) is 11.3 Å². The molecule has 0 aliphatic carbocycles. The summed E-state index contributed by atoms with van der Waals surface area (Å²) in [5, 5.41) is 0. The second kappa shape index (κ2) is 6.77. The summed E-state index contributed by atoms with van der Waals surface area (Å²) in [7, 11) is 0. The van der Waals surface area contributed by atoms with E-state index in [9.17, 15) is 0 Å². The second-order valence-corrected chi connectivity index (χ2v) is 6.63. The first-order chi connectivity index (χ1) is 10.3. The number of halogens is 1. The lowest BCUT2D eigenvalue weighted by Crippen LogP contribution is -2.30. The Balaban J connectivity index is 1.82. The van der Waals surface area contributed by atoms with Gasteiger partial charge in [-0.25, -0.2) is 0 Å². The van der Waals surface area contributed by atoms with Gasteiger partial charge in [0.2, 0.25) is 0 Å². The van der Waals surface area contributed by atoms with Gasteiger partial charge in [0.05, 0.1) is 6.61 Å². The Morgan fingerprint density at radius 1 is 1.24 bits per heavy atom. The molecule has 3 rings (SSSR count). The number of ether oxygens (including phenoxy) is 1. The summed E-state index contributed by atoms with van der Waals surface area (Å²) in [6, 6.07) is 17.0. The van der Waals surface area contributed by atoms with E-state index in [4.69, 9.17) is 10.6 Å². The maximum absolute atomic E-state index is 5.81. The Morgan fingerprint density at radius 2 is 2.10 bits per heavy atom. The number of nitrogens with two attached hydrogens (primary N) is 1. The smallest absolute Gasteiger partial charge is 0.122 e. The first-order valence-corrected chi connectivity index (χ1v) is 8.29. The molecule has 0 spiro atoms. The van der Waals surface area contributed by atoms with Gasteiger partial charge in [-0.05, 0) is 70.7 Å². The third-order valence-electron chi connectivity index (χ3n) is 4.06. The third kappa shape index (κ3) is 3.39. The standard InChI is InChI=1S/C17H19IN2O/c18-14-5-3-4-13(10-14)16(20-19)11-12-8-9-21-17-7-2-1-6-15(12)17/h1-7,10,12,16,20H,8-9,11,19H2. The number of hydrazine groups is 1. The van der Waals surface area contributed by atoms with Crippen LogP contribution in [0, 0.1) is 3.57 Å². The molecule has 2 aromatic carbocycles. The van der Waals surface area contributed by atoms with Crippen LogP contribution in [0.2, 0.25) is 0 Å². The maximum Gasteiger partial charge on any atom is 0.122 e. The van der Waals surface area contributed by atoms with Crippen LogP contribution in [0.5, 0.6) is 5.75 Å². The number of hydrogen-bond acceptors (Lipinski definition) is 3. The van der Waals surface area contributed by atoms with E-state index in [0.29, 0.717) is 5.92 Å². The van der Waals surface area contributed by atoms with E-state index in [1.165, 1.54) is 14.7 Å². The van der Waals surface area contributed by atoms with Crippen molar-refractivity contribution >= 4 is 22.6 Å². The van der Waals surface area contributed by atoms with E-state index < -0.39 is 0 Å². The van der Waals surface area contributed by atoms with Crippen molar-refractivity contribution in [2.45, 2.75) is 24.8 Å². The lowest BCUT2D eigenvalue weighted by atomic mass is 9.86. The van der Waals surface area contributed by atoms with E-state index in [1.54, 1.807) is 0 Å². The van der Waals surface area contributed by atoms with Gasteiger partial charge in [-0.1, -0.05) is 30.3 Å². The van der Waals surface area contributed by atoms with Crippen LogP contribution in [0.15, 0.2) is 48.5 Å². The monoisotopic (exact) mass is 394 g/mol. The number of hydrogen-bond donors (Lipinski definition) is 2. The molecular formula is C17H19IN2O. The molecule has 21 heavy (non-hydrogen) atoms. The van der Waals surface area contributed by atoms with Gasteiger partial charge >= 0.3 is 0 Å². The summed E-state index contributed by atoms with van der Waals surface area (Å²) in [6.07, 6.45) is 2.02. The highest BCUT2D eigenvalue weighted by Crippen LogP contribution is 2.38. The summed E-state index contributed by atoms with van der Waals surface area (Å²) in [6.45, 7) is 0.783. The van der Waals surface area contributed by atoms with E-state index in [0.717, 1.165) is 25.2 Å². The minimum Gasteiger partial charge on any atom is -0.493 e. The van der Waals surface area contributed by atoms with Crippen molar-refractivity contribution in [3.8, 4) is 5.75 Å². The molecule has 0 amide bonds. The first kappa shape index (κ1) is 14.8. The summed E-state index contributed by atoms with van der Waals surface area (Å²) in [4.78, 5) is 0. The molecular weight excluding hydrogens is 375 g/mol. The molecule has 1 aliphatic heterocycles. The SMILES string of the molecule is NNC(CC1CCOc2ccccc21)c1cccc(I)c1. The van der Waals surface area contributed by atoms with Crippen LogP contribution in [0.25, 0.3) is 0 Å². The van der Waals surface area contributed by atoms with Crippen LogP contribution in [0.4, 0.5) is 0 Å². The molecule has 2 unspecified atom stereocenters. The second-order valence-electron chi connectivity index (χ2n) is 5.38. The zero-order valence-electron chi connectivity index (χ0n) is 11.8. The molecule has 0 fully saturated rings. The maximum atomic E-state index is 5.81. The third-order valence-corrected chi connectivity index (χ3v) is 4.73. The minimum atomic E-state index is 0.163. The molecule has 2 aromatic rings. The summed E-state index contributed by atoms with van der Waals surface area (Å²) >= 11 is 2.34. The zero-order chi connectivity index (χ0) is 14.7. The summed E-state index contributed by atoms with van der Waals surface area (Å²) in [5.41, 5.74) is 5.52. The van der Waals surface area contributed by atoms with Crippen molar-refractivity contribution in [2.75, 3.05) is 6.61 Å². The predicted octanol–water partition coefficient (Wildman–Crippen LogP) is 3.75. The van der Waals surface area contributed by atoms with Gasteiger partial charge < -0.3 is 4.74 Å². The fourth-order valence-electron chi connectivity index (χ4n) is 2.97. The molecule has 4 heteroatoms. The molecule has 0 saturated heterocycles. The molecule has 1 aliphatic rings. The number of benzene rings is 2. The average Bonchev–Trinajstić information content (AvgIpc) is 2.52. The zero-order valence-corrected chi connectivity index (χ0v) is 13.9. The van der Waals surface area contributed by atoms with Crippen LogP contribution >= 0.6 is 22.6 Å². The van der Waals surface area contributed by atoms with Gasteiger partial charge in [-0.2, -0.15) is 0 Å². The molecule has 3 N–H and O–H groups in total.